The lowest BCUT2D eigenvalue weighted by Gasteiger charge is -2.04. The Bertz CT molecular complexity index is 476. The summed E-state index contributed by atoms with van der Waals surface area (Å²) in [7, 11) is 0. The van der Waals surface area contributed by atoms with Crippen molar-refractivity contribution in [3.63, 3.8) is 0 Å². The summed E-state index contributed by atoms with van der Waals surface area (Å²) in [5, 5.41) is 0.874. The van der Waals surface area contributed by atoms with Gasteiger partial charge in [0.2, 0.25) is 0 Å². The van der Waals surface area contributed by atoms with Crippen LogP contribution in [0, 0.1) is 5.82 Å². The number of nitrogen functional groups attached to an aromatic ring is 1. The molecule has 0 aliphatic carbocycles. The number of nitrogens with zero attached hydrogens (tertiary/aromatic N) is 2. The molecular formula is C11H10FN3S. The largest absolute Gasteiger partial charge is 0.398 e. The Morgan fingerprint density at radius 2 is 2.19 bits per heavy atom. The summed E-state index contributed by atoms with van der Waals surface area (Å²) in [6.45, 7) is 0. The Hall–Kier alpha value is -1.62. The van der Waals surface area contributed by atoms with Gasteiger partial charge < -0.3 is 5.73 Å². The number of aromatic nitrogens is 2. The summed E-state index contributed by atoms with van der Waals surface area (Å²) in [5.41, 5.74) is 7.08. The summed E-state index contributed by atoms with van der Waals surface area (Å²) in [6, 6.07) is 6.26. The minimum absolute atomic E-state index is 0.312. The maximum atomic E-state index is 12.8. The van der Waals surface area contributed by atoms with Crippen molar-refractivity contribution in [2.75, 3.05) is 5.73 Å². The average Bonchev–Trinajstić information content (AvgIpc) is 2.29. The number of anilines is 1. The first-order chi connectivity index (χ1) is 7.75. The lowest BCUT2D eigenvalue weighted by atomic mass is 10.2. The molecule has 1 heterocycles. The minimum Gasteiger partial charge on any atom is -0.398 e. The number of rotatable bonds is 3. The van der Waals surface area contributed by atoms with Gasteiger partial charge in [0, 0.05) is 17.6 Å². The summed E-state index contributed by atoms with van der Waals surface area (Å²) in [4.78, 5) is 7.91. The third-order valence-electron chi connectivity index (χ3n) is 2.04. The zero-order valence-corrected chi connectivity index (χ0v) is 9.25. The standard InChI is InChI=1S/C11H10FN3S/c12-9-2-1-8(10(13)5-9)6-16-11-3-4-14-7-15-11/h1-5,7H,6,13H2. The fourth-order valence-electron chi connectivity index (χ4n) is 1.21. The van der Waals surface area contributed by atoms with E-state index in [0.717, 1.165) is 10.6 Å². The Kier molecular flexibility index (Phi) is 3.36. The maximum absolute atomic E-state index is 12.8. The molecule has 0 spiro atoms. The van der Waals surface area contributed by atoms with Crippen molar-refractivity contribution < 1.29 is 4.39 Å². The molecule has 5 heteroatoms. The fourth-order valence-corrected chi connectivity index (χ4v) is 2.06. The summed E-state index contributed by atoms with van der Waals surface area (Å²) in [5.74, 6) is 0.358. The lowest BCUT2D eigenvalue weighted by molar-refractivity contribution is 0.628. The van der Waals surface area contributed by atoms with Crippen LogP contribution in [-0.2, 0) is 5.75 Å². The zero-order valence-electron chi connectivity index (χ0n) is 8.43. The molecule has 2 rings (SSSR count). The van der Waals surface area contributed by atoms with Gasteiger partial charge in [0.05, 0.1) is 5.03 Å². The quantitative estimate of drug-likeness (QED) is 0.504. The van der Waals surface area contributed by atoms with Gasteiger partial charge in [-0.2, -0.15) is 0 Å². The Labute approximate surface area is 96.9 Å². The smallest absolute Gasteiger partial charge is 0.125 e. The van der Waals surface area contributed by atoms with Gasteiger partial charge in [-0.1, -0.05) is 6.07 Å². The van der Waals surface area contributed by atoms with Gasteiger partial charge in [0.1, 0.15) is 12.1 Å². The van der Waals surface area contributed by atoms with E-state index < -0.39 is 0 Å². The van der Waals surface area contributed by atoms with Crippen molar-refractivity contribution >= 4 is 17.4 Å². The molecule has 0 fully saturated rings. The highest BCUT2D eigenvalue weighted by atomic mass is 32.2. The van der Waals surface area contributed by atoms with Crippen LogP contribution in [0.3, 0.4) is 0 Å². The van der Waals surface area contributed by atoms with Gasteiger partial charge in [0.15, 0.2) is 0 Å². The molecule has 0 aliphatic rings. The van der Waals surface area contributed by atoms with Crippen LogP contribution in [-0.4, -0.2) is 9.97 Å². The van der Waals surface area contributed by atoms with Crippen LogP contribution in [0.25, 0.3) is 0 Å². The molecule has 2 N–H and O–H groups in total. The fraction of sp³-hybridized carbons (Fsp3) is 0.0909. The SMILES string of the molecule is Nc1cc(F)ccc1CSc1ccncn1. The highest BCUT2D eigenvalue weighted by Gasteiger charge is 2.02. The molecule has 2 aromatic rings. The molecule has 0 amide bonds. The maximum Gasteiger partial charge on any atom is 0.125 e. The first kappa shape index (κ1) is 10.9. The van der Waals surface area contributed by atoms with Crippen molar-refractivity contribution in [3.05, 3.63) is 48.2 Å². The third-order valence-corrected chi connectivity index (χ3v) is 3.03. The van der Waals surface area contributed by atoms with E-state index in [9.17, 15) is 4.39 Å². The molecule has 1 aromatic carbocycles. The third kappa shape index (κ3) is 2.70. The molecule has 0 unspecified atom stereocenters. The van der Waals surface area contributed by atoms with Gasteiger partial charge in [-0.05, 0) is 23.8 Å². The van der Waals surface area contributed by atoms with Crippen LogP contribution >= 0.6 is 11.8 Å². The van der Waals surface area contributed by atoms with E-state index in [1.165, 1.54) is 30.2 Å². The topological polar surface area (TPSA) is 51.8 Å². The zero-order chi connectivity index (χ0) is 11.4. The van der Waals surface area contributed by atoms with Gasteiger partial charge in [-0.15, -0.1) is 11.8 Å². The van der Waals surface area contributed by atoms with E-state index in [-0.39, 0.29) is 5.82 Å². The second-order valence-corrected chi connectivity index (χ2v) is 4.18. The van der Waals surface area contributed by atoms with Gasteiger partial charge >= 0.3 is 0 Å². The van der Waals surface area contributed by atoms with Crippen molar-refractivity contribution in [1.82, 2.24) is 9.97 Å². The highest BCUT2D eigenvalue weighted by Crippen LogP contribution is 2.23. The molecule has 0 saturated heterocycles. The van der Waals surface area contributed by atoms with Crippen LogP contribution in [0.4, 0.5) is 10.1 Å². The van der Waals surface area contributed by atoms with E-state index in [1.807, 2.05) is 6.07 Å². The molecule has 0 saturated carbocycles. The molecule has 1 aromatic heterocycles. The van der Waals surface area contributed by atoms with E-state index in [0.29, 0.717) is 11.4 Å². The lowest BCUT2D eigenvalue weighted by Crippen LogP contribution is -1.93. The molecule has 0 aliphatic heterocycles. The molecular weight excluding hydrogens is 225 g/mol. The van der Waals surface area contributed by atoms with Crippen LogP contribution < -0.4 is 5.73 Å². The molecule has 16 heavy (non-hydrogen) atoms. The van der Waals surface area contributed by atoms with E-state index in [1.54, 1.807) is 12.3 Å². The van der Waals surface area contributed by atoms with Crippen LogP contribution in [0.5, 0.6) is 0 Å². The Morgan fingerprint density at radius 3 is 2.88 bits per heavy atom. The van der Waals surface area contributed by atoms with Gasteiger partial charge in [-0.25, -0.2) is 14.4 Å². The molecule has 0 atom stereocenters. The van der Waals surface area contributed by atoms with Crippen LogP contribution in [0.1, 0.15) is 5.56 Å². The minimum atomic E-state index is -0.312. The number of thioether (sulfide) groups is 1. The second-order valence-electron chi connectivity index (χ2n) is 3.18. The van der Waals surface area contributed by atoms with E-state index in [2.05, 4.69) is 9.97 Å². The van der Waals surface area contributed by atoms with Crippen molar-refractivity contribution in [2.24, 2.45) is 0 Å². The first-order valence-corrected chi connectivity index (χ1v) is 5.67. The highest BCUT2D eigenvalue weighted by molar-refractivity contribution is 7.98. The van der Waals surface area contributed by atoms with Crippen molar-refractivity contribution in [1.29, 1.82) is 0 Å². The first-order valence-electron chi connectivity index (χ1n) is 4.68. The number of hydrogen-bond donors (Lipinski definition) is 1. The number of hydrogen-bond acceptors (Lipinski definition) is 4. The number of benzene rings is 1. The number of nitrogens with two attached hydrogens (primary N) is 1. The van der Waals surface area contributed by atoms with Gasteiger partial charge in [-0.3, -0.25) is 0 Å². The average molecular weight is 235 g/mol. The van der Waals surface area contributed by atoms with Gasteiger partial charge in [0.25, 0.3) is 0 Å². The van der Waals surface area contributed by atoms with Crippen LogP contribution in [0.2, 0.25) is 0 Å². The summed E-state index contributed by atoms with van der Waals surface area (Å²) >= 11 is 1.54. The number of halogens is 1. The van der Waals surface area contributed by atoms with Crippen molar-refractivity contribution in [3.8, 4) is 0 Å². The molecule has 3 nitrogen and oxygen atoms in total. The molecule has 82 valence electrons. The Morgan fingerprint density at radius 1 is 1.31 bits per heavy atom. The van der Waals surface area contributed by atoms with Crippen molar-refractivity contribution in [2.45, 2.75) is 10.8 Å². The second kappa shape index (κ2) is 4.94. The van der Waals surface area contributed by atoms with E-state index >= 15 is 0 Å². The van der Waals surface area contributed by atoms with E-state index in [4.69, 9.17) is 5.73 Å². The van der Waals surface area contributed by atoms with Crippen LogP contribution in [0.15, 0.2) is 41.8 Å². The normalized spacial score (nSPS) is 10.3. The monoisotopic (exact) mass is 235 g/mol. The predicted molar refractivity (Wildman–Crippen MR) is 62.4 cm³/mol. The molecule has 0 bridgehead atoms. The summed E-state index contributed by atoms with van der Waals surface area (Å²) < 4.78 is 12.8. The summed E-state index contributed by atoms with van der Waals surface area (Å²) in [6.07, 6.45) is 3.18. The predicted octanol–water partition coefficient (Wildman–Crippen LogP) is 2.49. The Balaban J connectivity index is 2.05. The molecule has 0 radical (unpaired) electrons.